The van der Waals surface area contributed by atoms with E-state index in [9.17, 15) is 9.59 Å². The third-order valence-corrected chi connectivity index (χ3v) is 4.23. The topological polar surface area (TPSA) is 86.6 Å². The lowest BCUT2D eigenvalue weighted by Crippen LogP contribution is -2.43. The zero-order chi connectivity index (χ0) is 13.8. The summed E-state index contributed by atoms with van der Waals surface area (Å²) in [5.41, 5.74) is 0.943. The average Bonchev–Trinajstić information content (AvgIpc) is 2.81. The van der Waals surface area contributed by atoms with E-state index in [4.69, 9.17) is 10.2 Å². The van der Waals surface area contributed by atoms with E-state index in [-0.39, 0.29) is 24.9 Å². The van der Waals surface area contributed by atoms with Gasteiger partial charge in [0.2, 0.25) is 5.91 Å². The zero-order valence-corrected chi connectivity index (χ0v) is 11.0. The molecule has 0 saturated heterocycles. The molecule has 1 aromatic carbocycles. The van der Waals surface area contributed by atoms with Crippen LogP contribution in [0, 0.1) is 0 Å². The molecular weight excluding hydrogens is 266 g/mol. The molecule has 0 aliphatic carbocycles. The summed E-state index contributed by atoms with van der Waals surface area (Å²) in [6, 6.07) is 6.60. The summed E-state index contributed by atoms with van der Waals surface area (Å²) in [7, 11) is 0. The van der Waals surface area contributed by atoms with Crippen molar-refractivity contribution in [1.29, 1.82) is 0 Å². The van der Waals surface area contributed by atoms with Gasteiger partial charge in [-0.05, 0) is 11.6 Å². The molecular formula is C13H15NO4S. The molecule has 1 aliphatic heterocycles. The minimum atomic E-state index is -1.12. The van der Waals surface area contributed by atoms with Crippen molar-refractivity contribution in [2.75, 3.05) is 12.4 Å². The molecule has 0 aromatic heterocycles. The van der Waals surface area contributed by atoms with E-state index in [0.717, 1.165) is 10.5 Å². The standard InChI is InChI=1S/C13H15NO4S/c15-6-5-10(13(17)18)14-12(16)9-7-19-11-4-2-1-3-8(9)11/h1-4,9-10,15H,5-7H2,(H,14,16)(H,17,18). The van der Waals surface area contributed by atoms with Gasteiger partial charge >= 0.3 is 5.97 Å². The predicted octanol–water partition coefficient (Wildman–Crippen LogP) is 0.828. The monoisotopic (exact) mass is 281 g/mol. The molecule has 2 unspecified atom stereocenters. The number of aliphatic hydroxyl groups excluding tert-OH is 1. The van der Waals surface area contributed by atoms with Gasteiger partial charge in [-0.3, -0.25) is 4.79 Å². The van der Waals surface area contributed by atoms with Crippen LogP contribution < -0.4 is 5.32 Å². The fourth-order valence-corrected chi connectivity index (χ4v) is 3.27. The first kappa shape index (κ1) is 13.9. The Bertz CT molecular complexity index is 491. The van der Waals surface area contributed by atoms with Gasteiger partial charge in [0.15, 0.2) is 0 Å². The van der Waals surface area contributed by atoms with Gasteiger partial charge in [0.1, 0.15) is 6.04 Å². The lowest BCUT2D eigenvalue weighted by Gasteiger charge is -2.16. The first-order valence-corrected chi connectivity index (χ1v) is 6.98. The highest BCUT2D eigenvalue weighted by molar-refractivity contribution is 7.99. The molecule has 0 radical (unpaired) electrons. The van der Waals surface area contributed by atoms with E-state index in [1.54, 1.807) is 11.8 Å². The summed E-state index contributed by atoms with van der Waals surface area (Å²) in [6.07, 6.45) is 0.0165. The molecule has 2 atom stereocenters. The van der Waals surface area contributed by atoms with Crippen molar-refractivity contribution in [3.8, 4) is 0 Å². The number of fused-ring (bicyclic) bond motifs is 1. The minimum Gasteiger partial charge on any atom is -0.480 e. The molecule has 3 N–H and O–H groups in total. The normalized spacial score (nSPS) is 18.7. The maximum Gasteiger partial charge on any atom is 0.326 e. The smallest absolute Gasteiger partial charge is 0.326 e. The number of carboxylic acids is 1. The van der Waals surface area contributed by atoms with Crippen molar-refractivity contribution in [3.05, 3.63) is 29.8 Å². The number of aliphatic carboxylic acids is 1. The molecule has 0 fully saturated rings. The first-order valence-electron chi connectivity index (χ1n) is 5.99. The number of thioether (sulfide) groups is 1. The highest BCUT2D eigenvalue weighted by Gasteiger charge is 2.31. The summed E-state index contributed by atoms with van der Waals surface area (Å²) in [6.45, 7) is -0.271. The van der Waals surface area contributed by atoms with E-state index in [1.165, 1.54) is 0 Å². The largest absolute Gasteiger partial charge is 0.480 e. The van der Waals surface area contributed by atoms with Crippen molar-refractivity contribution in [1.82, 2.24) is 5.32 Å². The van der Waals surface area contributed by atoms with Crippen molar-refractivity contribution >= 4 is 23.6 Å². The van der Waals surface area contributed by atoms with E-state index >= 15 is 0 Å². The van der Waals surface area contributed by atoms with Crippen molar-refractivity contribution in [2.45, 2.75) is 23.3 Å². The number of nitrogens with one attached hydrogen (secondary N) is 1. The van der Waals surface area contributed by atoms with E-state index in [0.29, 0.717) is 5.75 Å². The number of aliphatic hydroxyl groups is 1. The molecule has 0 spiro atoms. The number of carboxylic acid groups (broad SMARTS) is 1. The molecule has 19 heavy (non-hydrogen) atoms. The second kappa shape index (κ2) is 6.08. The van der Waals surface area contributed by atoms with E-state index < -0.39 is 12.0 Å². The fourth-order valence-electron chi connectivity index (χ4n) is 2.04. The lowest BCUT2D eigenvalue weighted by molar-refractivity contribution is -0.142. The van der Waals surface area contributed by atoms with Gasteiger partial charge in [0.05, 0.1) is 5.92 Å². The van der Waals surface area contributed by atoms with Crippen LogP contribution in [-0.4, -0.2) is 40.5 Å². The third kappa shape index (κ3) is 3.08. The zero-order valence-electron chi connectivity index (χ0n) is 10.2. The minimum absolute atomic E-state index is 0.0165. The number of hydrogen-bond donors (Lipinski definition) is 3. The highest BCUT2D eigenvalue weighted by atomic mass is 32.2. The second-order valence-corrected chi connectivity index (χ2v) is 5.37. The van der Waals surface area contributed by atoms with E-state index in [1.807, 2.05) is 24.3 Å². The van der Waals surface area contributed by atoms with Crippen LogP contribution in [0.2, 0.25) is 0 Å². The maximum absolute atomic E-state index is 12.1. The highest BCUT2D eigenvalue weighted by Crippen LogP contribution is 2.39. The number of carbonyl (C=O) groups is 2. The summed E-state index contributed by atoms with van der Waals surface area (Å²) in [5, 5.41) is 20.3. The van der Waals surface area contributed by atoms with Crippen LogP contribution in [0.4, 0.5) is 0 Å². The van der Waals surface area contributed by atoms with Crippen molar-refractivity contribution < 1.29 is 19.8 Å². The van der Waals surface area contributed by atoms with Gasteiger partial charge < -0.3 is 15.5 Å². The number of carbonyl (C=O) groups excluding carboxylic acids is 1. The first-order chi connectivity index (χ1) is 9.13. The summed E-state index contributed by atoms with van der Waals surface area (Å²) in [4.78, 5) is 24.1. The Labute approximate surface area is 115 Å². The Balaban J connectivity index is 2.07. The Morgan fingerprint density at radius 1 is 1.42 bits per heavy atom. The predicted molar refractivity (Wildman–Crippen MR) is 71.2 cm³/mol. The van der Waals surface area contributed by atoms with Crippen LogP contribution in [-0.2, 0) is 9.59 Å². The molecule has 1 aromatic rings. The van der Waals surface area contributed by atoms with Crippen LogP contribution >= 0.6 is 11.8 Å². The molecule has 1 aliphatic rings. The molecule has 5 nitrogen and oxygen atoms in total. The Hall–Kier alpha value is -1.53. The van der Waals surface area contributed by atoms with Crippen LogP contribution in [0.3, 0.4) is 0 Å². The number of hydrogen-bond acceptors (Lipinski definition) is 4. The second-order valence-electron chi connectivity index (χ2n) is 4.31. The van der Waals surface area contributed by atoms with Gasteiger partial charge in [-0.1, -0.05) is 18.2 Å². The summed E-state index contributed by atoms with van der Waals surface area (Å²) >= 11 is 1.60. The Morgan fingerprint density at radius 3 is 2.84 bits per heavy atom. The number of amides is 1. The van der Waals surface area contributed by atoms with Crippen LogP contribution in [0.15, 0.2) is 29.2 Å². The van der Waals surface area contributed by atoms with Gasteiger partial charge in [-0.15, -0.1) is 11.8 Å². The number of rotatable bonds is 5. The van der Waals surface area contributed by atoms with Gasteiger partial charge in [0.25, 0.3) is 0 Å². The SMILES string of the molecule is O=C(O)C(CCO)NC(=O)C1CSc2ccccc21. The van der Waals surface area contributed by atoms with Crippen LogP contribution in [0.1, 0.15) is 17.9 Å². The number of benzene rings is 1. The van der Waals surface area contributed by atoms with Crippen molar-refractivity contribution in [2.24, 2.45) is 0 Å². The summed E-state index contributed by atoms with van der Waals surface area (Å²) < 4.78 is 0. The van der Waals surface area contributed by atoms with Gasteiger partial charge in [0, 0.05) is 23.7 Å². The lowest BCUT2D eigenvalue weighted by atomic mass is 10.00. The average molecular weight is 281 g/mol. The van der Waals surface area contributed by atoms with Crippen LogP contribution in [0.25, 0.3) is 0 Å². The Kier molecular flexibility index (Phi) is 4.44. The van der Waals surface area contributed by atoms with Gasteiger partial charge in [-0.25, -0.2) is 4.79 Å². The fraction of sp³-hybridized carbons (Fsp3) is 0.385. The Morgan fingerprint density at radius 2 is 2.16 bits per heavy atom. The third-order valence-electron chi connectivity index (χ3n) is 3.05. The molecule has 102 valence electrons. The molecule has 6 heteroatoms. The van der Waals surface area contributed by atoms with E-state index in [2.05, 4.69) is 5.32 Å². The van der Waals surface area contributed by atoms with Gasteiger partial charge in [-0.2, -0.15) is 0 Å². The molecule has 2 rings (SSSR count). The summed E-state index contributed by atoms with van der Waals surface area (Å²) in [5.74, 6) is -1.11. The molecule has 1 heterocycles. The molecule has 0 saturated carbocycles. The van der Waals surface area contributed by atoms with Crippen LogP contribution in [0.5, 0.6) is 0 Å². The molecule has 1 amide bonds. The quantitative estimate of drug-likeness (QED) is 0.744. The molecule has 0 bridgehead atoms. The maximum atomic E-state index is 12.1. The van der Waals surface area contributed by atoms with Crippen molar-refractivity contribution in [3.63, 3.8) is 0 Å².